The molecule has 0 spiro atoms. The second kappa shape index (κ2) is 6.33. The number of hydrogen-bond acceptors (Lipinski definition) is 2. The second-order valence-electron chi connectivity index (χ2n) is 9.13. The molecule has 34 heavy (non-hydrogen) atoms. The minimum atomic E-state index is 0.894. The Morgan fingerprint density at radius 1 is 0.676 bits per heavy atom. The van der Waals surface area contributed by atoms with E-state index in [0.29, 0.717) is 0 Å². The quantitative estimate of drug-likeness (QED) is 0.273. The van der Waals surface area contributed by atoms with Crippen LogP contribution in [-0.4, -0.2) is 9.24 Å². The van der Waals surface area contributed by atoms with Gasteiger partial charge < -0.3 is 14.8 Å². The summed E-state index contributed by atoms with van der Waals surface area (Å²) in [4.78, 5) is 0. The average Bonchev–Trinajstić information content (AvgIpc) is 3.52. The molecule has 4 nitrogen and oxygen atoms in total. The lowest BCUT2D eigenvalue weighted by atomic mass is 9.97. The summed E-state index contributed by atoms with van der Waals surface area (Å²) in [7, 11) is 0. The molecule has 0 saturated carbocycles. The maximum Gasteiger partial charge on any atom is 0.136 e. The number of nitrogen functional groups attached to an aromatic ring is 1. The van der Waals surface area contributed by atoms with Crippen molar-refractivity contribution >= 4 is 60.7 Å². The van der Waals surface area contributed by atoms with Gasteiger partial charge in [-0.1, -0.05) is 48.6 Å². The van der Waals surface area contributed by atoms with Gasteiger partial charge in [-0.25, -0.2) is 0 Å². The van der Waals surface area contributed by atoms with E-state index in [9.17, 15) is 0 Å². The molecular formula is C30H21N3O. The lowest BCUT2D eigenvalue weighted by Gasteiger charge is -2.13. The van der Waals surface area contributed by atoms with Gasteiger partial charge in [0.15, 0.2) is 0 Å². The molecule has 1 aliphatic rings. The summed E-state index contributed by atoms with van der Waals surface area (Å²) in [5, 5.41) is 5.89. The molecule has 0 aliphatic heterocycles. The molecule has 4 heteroatoms. The summed E-state index contributed by atoms with van der Waals surface area (Å²) in [6, 6.07) is 27.5. The molecule has 1 aliphatic carbocycles. The van der Waals surface area contributed by atoms with Gasteiger partial charge in [0.25, 0.3) is 0 Å². The largest absolute Gasteiger partial charge is 0.456 e. The number of furan rings is 1. The lowest BCUT2D eigenvalue weighted by molar-refractivity contribution is 0.669. The third-order valence-electron chi connectivity index (χ3n) is 7.39. The van der Waals surface area contributed by atoms with Crippen LogP contribution in [-0.2, 0) is 6.42 Å². The Labute approximate surface area is 195 Å². The number of aromatic nitrogens is 2. The zero-order valence-electron chi connectivity index (χ0n) is 18.5. The summed E-state index contributed by atoms with van der Waals surface area (Å²) < 4.78 is 10.5. The number of nitrogens with zero attached hydrogens (tertiary/aromatic N) is 2. The first-order chi connectivity index (χ1) is 16.8. The van der Waals surface area contributed by atoms with Crippen molar-refractivity contribution in [3.05, 3.63) is 96.2 Å². The van der Waals surface area contributed by atoms with E-state index in [2.05, 4.69) is 77.4 Å². The van der Waals surface area contributed by atoms with Crippen molar-refractivity contribution < 1.29 is 4.42 Å². The van der Waals surface area contributed by atoms with Crippen LogP contribution in [0.25, 0.3) is 66.4 Å². The minimum Gasteiger partial charge on any atom is -0.456 e. The first-order valence-electron chi connectivity index (χ1n) is 11.7. The van der Waals surface area contributed by atoms with Gasteiger partial charge in [0, 0.05) is 43.9 Å². The van der Waals surface area contributed by atoms with Crippen molar-refractivity contribution in [2.75, 3.05) is 5.84 Å². The van der Waals surface area contributed by atoms with Crippen molar-refractivity contribution in [1.29, 1.82) is 0 Å². The highest BCUT2D eigenvalue weighted by Gasteiger charge is 2.25. The minimum absolute atomic E-state index is 0.894. The summed E-state index contributed by atoms with van der Waals surface area (Å²) in [6.07, 6.45) is 6.66. The fourth-order valence-electron chi connectivity index (χ4n) is 6.01. The Balaban J connectivity index is 1.67. The normalized spacial score (nSPS) is 13.6. The summed E-state index contributed by atoms with van der Waals surface area (Å²) in [6.45, 7) is 0. The Morgan fingerprint density at radius 3 is 2.29 bits per heavy atom. The third-order valence-corrected chi connectivity index (χ3v) is 7.39. The summed E-state index contributed by atoms with van der Waals surface area (Å²) in [5.41, 5.74) is 8.91. The zero-order valence-corrected chi connectivity index (χ0v) is 18.5. The molecule has 0 fully saturated rings. The number of allylic oxidation sites excluding steroid dienone is 1. The van der Waals surface area contributed by atoms with Crippen molar-refractivity contribution in [3.8, 4) is 5.69 Å². The Hall–Kier alpha value is -4.44. The standard InChI is InChI=1S/C30H21N3O/c31-33-23-15-14-22-27(19-10-4-6-12-21(19)32(22)18-8-2-1-3-9-18)29(23)30-24(33)16-17-26-28(30)20-11-5-7-13-25(20)34-26/h1-5,7-11,13-17H,6,12,31H2. The van der Waals surface area contributed by atoms with Crippen molar-refractivity contribution in [1.82, 2.24) is 9.24 Å². The molecule has 7 aromatic rings. The first-order valence-corrected chi connectivity index (χ1v) is 11.7. The number of hydrogen-bond donors (Lipinski definition) is 1. The number of nitrogens with two attached hydrogens (primary N) is 1. The van der Waals surface area contributed by atoms with E-state index >= 15 is 0 Å². The average molecular weight is 440 g/mol. The third kappa shape index (κ3) is 2.13. The fourth-order valence-corrected chi connectivity index (χ4v) is 6.01. The molecule has 2 N–H and O–H groups in total. The summed E-state index contributed by atoms with van der Waals surface area (Å²) in [5.74, 6) is 6.72. The maximum atomic E-state index is 6.72. The van der Waals surface area contributed by atoms with Crippen LogP contribution >= 0.6 is 0 Å². The van der Waals surface area contributed by atoms with Crippen molar-refractivity contribution in [3.63, 3.8) is 0 Å². The van der Waals surface area contributed by atoms with Gasteiger partial charge in [0.2, 0.25) is 0 Å². The van der Waals surface area contributed by atoms with Crippen LogP contribution in [0.4, 0.5) is 0 Å². The number of rotatable bonds is 1. The maximum absolute atomic E-state index is 6.72. The van der Waals surface area contributed by atoms with Gasteiger partial charge in [-0.15, -0.1) is 0 Å². The highest BCUT2D eigenvalue weighted by atomic mass is 16.3. The number of para-hydroxylation sites is 2. The van der Waals surface area contributed by atoms with E-state index in [-0.39, 0.29) is 0 Å². The van der Waals surface area contributed by atoms with E-state index in [0.717, 1.165) is 51.2 Å². The van der Waals surface area contributed by atoms with Crippen molar-refractivity contribution in [2.45, 2.75) is 12.8 Å². The van der Waals surface area contributed by atoms with E-state index in [1.807, 2.05) is 22.9 Å². The van der Waals surface area contributed by atoms with Crippen LogP contribution in [0.2, 0.25) is 0 Å². The second-order valence-corrected chi connectivity index (χ2v) is 9.13. The molecule has 0 atom stereocenters. The van der Waals surface area contributed by atoms with Crippen LogP contribution < -0.4 is 5.84 Å². The molecule has 0 bridgehead atoms. The Kier molecular flexibility index (Phi) is 3.36. The lowest BCUT2D eigenvalue weighted by Crippen LogP contribution is -2.06. The van der Waals surface area contributed by atoms with Gasteiger partial charge in [-0.05, 0) is 55.3 Å². The molecular weight excluding hydrogens is 418 g/mol. The Morgan fingerprint density at radius 2 is 1.41 bits per heavy atom. The molecule has 3 aromatic heterocycles. The molecule has 0 radical (unpaired) electrons. The van der Waals surface area contributed by atoms with Crippen LogP contribution in [0.15, 0.2) is 89.4 Å². The molecule has 0 amide bonds. The fraction of sp³-hybridized carbons (Fsp3) is 0.0667. The van der Waals surface area contributed by atoms with Crippen molar-refractivity contribution in [2.24, 2.45) is 0 Å². The topological polar surface area (TPSA) is 49.0 Å². The molecule has 162 valence electrons. The first kappa shape index (κ1) is 18.0. The molecule has 3 heterocycles. The molecule has 0 unspecified atom stereocenters. The molecule has 4 aromatic carbocycles. The van der Waals surface area contributed by atoms with E-state index in [4.69, 9.17) is 10.3 Å². The molecule has 8 rings (SSSR count). The highest BCUT2D eigenvalue weighted by molar-refractivity contribution is 6.32. The highest BCUT2D eigenvalue weighted by Crippen LogP contribution is 2.45. The van der Waals surface area contributed by atoms with Gasteiger partial charge in [-0.3, -0.25) is 4.68 Å². The van der Waals surface area contributed by atoms with Crippen LogP contribution in [0.3, 0.4) is 0 Å². The van der Waals surface area contributed by atoms with Crippen LogP contribution in [0.5, 0.6) is 0 Å². The summed E-state index contributed by atoms with van der Waals surface area (Å²) >= 11 is 0. The number of benzene rings is 4. The van der Waals surface area contributed by atoms with Gasteiger partial charge in [0.05, 0.1) is 16.6 Å². The molecule has 0 saturated heterocycles. The van der Waals surface area contributed by atoms with Gasteiger partial charge in [0.1, 0.15) is 11.2 Å². The predicted molar refractivity (Wildman–Crippen MR) is 141 cm³/mol. The predicted octanol–water partition coefficient (Wildman–Crippen LogP) is 7.31. The van der Waals surface area contributed by atoms with Crippen LogP contribution in [0, 0.1) is 0 Å². The number of fused-ring (bicyclic) bond motifs is 11. The van der Waals surface area contributed by atoms with Gasteiger partial charge >= 0.3 is 0 Å². The van der Waals surface area contributed by atoms with E-state index < -0.39 is 0 Å². The van der Waals surface area contributed by atoms with Crippen LogP contribution in [0.1, 0.15) is 17.7 Å². The zero-order chi connectivity index (χ0) is 22.4. The smallest absolute Gasteiger partial charge is 0.136 e. The van der Waals surface area contributed by atoms with Gasteiger partial charge in [-0.2, -0.15) is 0 Å². The SMILES string of the molecule is Nn1c2ccc3c(c4c(n3-c3ccccc3)CCC=C4)c2c2c3c(ccc21)oc1ccccc13. The van der Waals surface area contributed by atoms with E-state index in [1.54, 1.807) is 0 Å². The Bertz CT molecular complexity index is 1970. The monoisotopic (exact) mass is 439 g/mol. The van der Waals surface area contributed by atoms with E-state index in [1.165, 1.54) is 33.2 Å².